The Hall–Kier alpha value is -0.920. The number of hydrogen-bond acceptors (Lipinski definition) is 4. The fourth-order valence-electron chi connectivity index (χ4n) is 1.55. The van der Waals surface area contributed by atoms with Gasteiger partial charge in [-0.05, 0) is 28.1 Å². The quantitative estimate of drug-likeness (QED) is 0.875. The van der Waals surface area contributed by atoms with Crippen LogP contribution in [0.5, 0.6) is 0 Å². The summed E-state index contributed by atoms with van der Waals surface area (Å²) >= 11 is 4.68. The second-order valence-corrected chi connectivity index (χ2v) is 5.55. The van der Waals surface area contributed by atoms with E-state index >= 15 is 0 Å². The second kappa shape index (κ2) is 5.81. The Kier molecular flexibility index (Phi) is 4.36. The zero-order chi connectivity index (χ0) is 13.1. The van der Waals surface area contributed by atoms with E-state index in [4.69, 9.17) is 5.73 Å². The molecule has 2 rings (SSSR count). The summed E-state index contributed by atoms with van der Waals surface area (Å²) in [6.07, 6.45) is 0. The molecule has 0 aliphatic rings. The Morgan fingerprint density at radius 2 is 2.22 bits per heavy atom. The highest BCUT2D eigenvalue weighted by atomic mass is 79.9. The second-order valence-electron chi connectivity index (χ2n) is 3.74. The van der Waals surface area contributed by atoms with Gasteiger partial charge in [0, 0.05) is 17.7 Å². The van der Waals surface area contributed by atoms with Gasteiger partial charge in [-0.3, -0.25) is 0 Å². The lowest BCUT2D eigenvalue weighted by Gasteiger charge is -2.11. The van der Waals surface area contributed by atoms with Gasteiger partial charge in [0.2, 0.25) is 0 Å². The maximum Gasteiger partial charge on any atom is 0.153 e. The highest BCUT2D eigenvalue weighted by Crippen LogP contribution is 2.27. The fourth-order valence-corrected chi connectivity index (χ4v) is 3.07. The van der Waals surface area contributed by atoms with Gasteiger partial charge in [0.15, 0.2) is 4.60 Å². The molecule has 2 aromatic rings. The molecule has 0 aliphatic heterocycles. The molecule has 18 heavy (non-hydrogen) atoms. The van der Waals surface area contributed by atoms with Crippen LogP contribution in [0.25, 0.3) is 0 Å². The van der Waals surface area contributed by atoms with Crippen LogP contribution in [0.3, 0.4) is 0 Å². The third-order valence-electron chi connectivity index (χ3n) is 2.43. The Morgan fingerprint density at radius 3 is 2.83 bits per heavy atom. The van der Waals surface area contributed by atoms with Crippen LogP contribution in [0, 0.1) is 5.82 Å². The summed E-state index contributed by atoms with van der Waals surface area (Å²) in [5.41, 5.74) is 6.87. The Bertz CT molecular complexity index is 526. The lowest BCUT2D eigenvalue weighted by atomic mass is 10.3. The molecule has 0 amide bonds. The van der Waals surface area contributed by atoms with Crippen LogP contribution in [-0.4, -0.2) is 20.7 Å². The summed E-state index contributed by atoms with van der Waals surface area (Å²) in [6.45, 7) is 0. The van der Waals surface area contributed by atoms with Gasteiger partial charge >= 0.3 is 0 Å². The molecule has 7 heteroatoms. The maximum atomic E-state index is 13.4. The lowest BCUT2D eigenvalue weighted by molar-refractivity contribution is 0.601. The normalized spacial score (nSPS) is 12.7. The van der Waals surface area contributed by atoms with Gasteiger partial charge in [-0.15, -0.1) is 16.9 Å². The van der Waals surface area contributed by atoms with Crippen molar-refractivity contribution < 1.29 is 4.39 Å². The molecule has 1 atom stereocenters. The predicted octanol–water partition coefficient (Wildman–Crippen LogP) is 2.51. The summed E-state index contributed by atoms with van der Waals surface area (Å²) in [7, 11) is 1.78. The Labute approximate surface area is 117 Å². The molecule has 0 radical (unpaired) electrons. The SMILES string of the molecule is Cn1nnc(Br)c1C(N)CSc1ccccc1F. The molecule has 4 nitrogen and oxygen atoms in total. The number of thioether (sulfide) groups is 1. The molecule has 0 fully saturated rings. The summed E-state index contributed by atoms with van der Waals surface area (Å²) in [6, 6.07) is 6.39. The van der Waals surface area contributed by atoms with E-state index in [1.165, 1.54) is 17.8 Å². The molecule has 1 unspecified atom stereocenters. The topological polar surface area (TPSA) is 56.7 Å². The van der Waals surface area contributed by atoms with Crippen LogP contribution >= 0.6 is 27.7 Å². The number of aryl methyl sites for hydroxylation is 1. The first kappa shape index (κ1) is 13.5. The summed E-state index contributed by atoms with van der Waals surface area (Å²) < 4.78 is 15.7. The van der Waals surface area contributed by atoms with Crippen LogP contribution < -0.4 is 5.73 Å². The molecule has 0 aliphatic carbocycles. The first-order valence-corrected chi connectivity index (χ1v) is 7.05. The zero-order valence-corrected chi connectivity index (χ0v) is 12.1. The van der Waals surface area contributed by atoms with E-state index in [9.17, 15) is 4.39 Å². The molecular formula is C11H12BrFN4S. The smallest absolute Gasteiger partial charge is 0.153 e. The van der Waals surface area contributed by atoms with Gasteiger partial charge in [0.25, 0.3) is 0 Å². The number of nitrogens with zero attached hydrogens (tertiary/aromatic N) is 3. The van der Waals surface area contributed by atoms with E-state index < -0.39 is 0 Å². The molecule has 1 heterocycles. The van der Waals surface area contributed by atoms with E-state index in [1.807, 2.05) is 0 Å². The predicted molar refractivity (Wildman–Crippen MR) is 72.8 cm³/mol. The van der Waals surface area contributed by atoms with E-state index in [1.54, 1.807) is 29.9 Å². The van der Waals surface area contributed by atoms with Gasteiger partial charge in [-0.2, -0.15) is 0 Å². The first-order valence-electron chi connectivity index (χ1n) is 5.27. The van der Waals surface area contributed by atoms with Crippen LogP contribution in [0.1, 0.15) is 11.7 Å². The van der Waals surface area contributed by atoms with E-state index in [-0.39, 0.29) is 11.9 Å². The summed E-state index contributed by atoms with van der Waals surface area (Å²) in [4.78, 5) is 0.596. The molecule has 1 aromatic heterocycles. The third kappa shape index (κ3) is 2.90. The van der Waals surface area contributed by atoms with Crippen molar-refractivity contribution in [3.8, 4) is 0 Å². The zero-order valence-electron chi connectivity index (χ0n) is 9.68. The third-order valence-corrected chi connectivity index (χ3v) is 4.17. The van der Waals surface area contributed by atoms with Crippen molar-refractivity contribution in [3.05, 3.63) is 40.4 Å². The van der Waals surface area contributed by atoms with Crippen molar-refractivity contribution in [2.45, 2.75) is 10.9 Å². The van der Waals surface area contributed by atoms with Crippen LogP contribution in [-0.2, 0) is 7.05 Å². The molecule has 2 N–H and O–H groups in total. The van der Waals surface area contributed by atoms with Gasteiger partial charge in [0.05, 0.1) is 11.7 Å². The fraction of sp³-hybridized carbons (Fsp3) is 0.273. The molecule has 0 bridgehead atoms. The Morgan fingerprint density at radius 1 is 1.50 bits per heavy atom. The average Bonchev–Trinajstić information content (AvgIpc) is 2.68. The van der Waals surface area contributed by atoms with E-state index in [0.717, 1.165) is 5.69 Å². The minimum atomic E-state index is -0.260. The minimum Gasteiger partial charge on any atom is -0.322 e. The number of hydrogen-bond donors (Lipinski definition) is 1. The lowest BCUT2D eigenvalue weighted by Crippen LogP contribution is -2.17. The largest absolute Gasteiger partial charge is 0.322 e. The minimum absolute atomic E-state index is 0.225. The highest BCUT2D eigenvalue weighted by Gasteiger charge is 2.17. The van der Waals surface area contributed by atoms with Crippen LogP contribution in [0.4, 0.5) is 4.39 Å². The van der Waals surface area contributed by atoms with Gasteiger partial charge < -0.3 is 5.73 Å². The van der Waals surface area contributed by atoms with Crippen molar-refractivity contribution in [2.24, 2.45) is 12.8 Å². The highest BCUT2D eigenvalue weighted by molar-refractivity contribution is 9.10. The van der Waals surface area contributed by atoms with Crippen molar-refractivity contribution >= 4 is 27.7 Å². The number of benzene rings is 1. The first-order chi connectivity index (χ1) is 8.59. The number of rotatable bonds is 4. The van der Waals surface area contributed by atoms with Gasteiger partial charge in [0.1, 0.15) is 5.82 Å². The molecule has 0 saturated carbocycles. The Balaban J connectivity index is 2.05. The number of nitrogens with two attached hydrogens (primary N) is 1. The van der Waals surface area contributed by atoms with E-state index in [2.05, 4.69) is 26.2 Å². The van der Waals surface area contributed by atoms with Crippen molar-refractivity contribution in [1.29, 1.82) is 0 Å². The van der Waals surface area contributed by atoms with Crippen LogP contribution in [0.2, 0.25) is 0 Å². The van der Waals surface area contributed by atoms with Crippen molar-refractivity contribution in [3.63, 3.8) is 0 Å². The molecule has 96 valence electrons. The molecule has 1 aromatic carbocycles. The molecular weight excluding hydrogens is 319 g/mol. The van der Waals surface area contributed by atoms with E-state index in [0.29, 0.717) is 15.3 Å². The molecule has 0 saturated heterocycles. The van der Waals surface area contributed by atoms with Crippen LogP contribution in [0.15, 0.2) is 33.8 Å². The van der Waals surface area contributed by atoms with Gasteiger partial charge in [-0.25, -0.2) is 9.07 Å². The number of aromatic nitrogens is 3. The van der Waals surface area contributed by atoms with Crippen molar-refractivity contribution in [1.82, 2.24) is 15.0 Å². The molecule has 0 spiro atoms. The average molecular weight is 331 g/mol. The standard InChI is InChI=1S/C11H12BrFN4S/c1-17-10(11(12)15-16-17)8(14)6-18-9-5-3-2-4-7(9)13/h2-5,8H,6,14H2,1H3. The van der Waals surface area contributed by atoms with Gasteiger partial charge in [-0.1, -0.05) is 17.3 Å². The van der Waals surface area contributed by atoms with Crippen molar-refractivity contribution in [2.75, 3.05) is 5.75 Å². The summed E-state index contributed by atoms with van der Waals surface area (Å²) in [5, 5.41) is 7.74. The summed E-state index contributed by atoms with van der Waals surface area (Å²) in [5.74, 6) is 0.331. The number of halogens is 2. The monoisotopic (exact) mass is 330 g/mol. The maximum absolute atomic E-state index is 13.4.